The van der Waals surface area contributed by atoms with E-state index < -0.39 is 35.9 Å². The topological polar surface area (TPSA) is 109 Å². The van der Waals surface area contributed by atoms with Crippen LogP contribution in [0.25, 0.3) is 6.08 Å². The monoisotopic (exact) mass is 658 g/mol. The molecule has 0 bridgehead atoms. The molecule has 0 aliphatic carbocycles. The van der Waals surface area contributed by atoms with Crippen molar-refractivity contribution in [2.75, 3.05) is 0 Å². The van der Waals surface area contributed by atoms with Gasteiger partial charge in [0.05, 0.1) is 21.2 Å². The van der Waals surface area contributed by atoms with Gasteiger partial charge in [-0.1, -0.05) is 115 Å². The first-order chi connectivity index (χ1) is 21.5. The second-order valence-electron chi connectivity index (χ2n) is 10.1. The minimum absolute atomic E-state index is 0.142. The second-order valence-corrected chi connectivity index (χ2v) is 15.7. The van der Waals surface area contributed by atoms with Gasteiger partial charge in [-0.25, -0.2) is 12.7 Å². The first-order valence-corrected chi connectivity index (χ1v) is 18.1. The largest absolute Gasteiger partial charge is 0.278 e. The molecule has 0 fully saturated rings. The predicted octanol–water partition coefficient (Wildman–Crippen LogP) is 6.26. The summed E-state index contributed by atoms with van der Waals surface area (Å²) in [6.07, 6.45) is 1.26. The van der Waals surface area contributed by atoms with Crippen LogP contribution in [0.5, 0.6) is 0 Å². The molecular formula is C34H30N2O6S3. The van der Waals surface area contributed by atoms with E-state index in [9.17, 15) is 25.3 Å². The number of aryl methyl sites for hydroxylation is 1. The maximum atomic E-state index is 14.6. The molecule has 230 valence electrons. The lowest BCUT2D eigenvalue weighted by molar-refractivity contribution is 0.419. The van der Waals surface area contributed by atoms with E-state index in [1.165, 1.54) is 66.7 Å². The zero-order valence-electron chi connectivity index (χ0n) is 24.2. The number of rotatable bonds is 11. The highest BCUT2D eigenvalue weighted by atomic mass is 32.3. The third-order valence-corrected chi connectivity index (χ3v) is 12.8. The fourth-order valence-corrected chi connectivity index (χ4v) is 9.81. The van der Waals surface area contributed by atoms with Crippen molar-refractivity contribution in [2.24, 2.45) is 0 Å². The predicted molar refractivity (Wildman–Crippen MR) is 174 cm³/mol. The molecule has 45 heavy (non-hydrogen) atoms. The van der Waals surface area contributed by atoms with Crippen molar-refractivity contribution in [1.29, 1.82) is 0 Å². The number of hydrogen-bond acceptors (Lipinski definition) is 6. The standard InChI is InChI=1S/C34H30N2O6S3/c1-28-22-24-33(25-23-28)43(37,38)35(27-30-16-8-3-9-17-30)34(26-29-14-6-2-7-15-29)36(44(39,40)31-18-10-4-11-19-31)45(41,42)32-20-12-5-13-21-32/h2-26H,27H2,1H3/b34-26+. The van der Waals surface area contributed by atoms with Crippen molar-refractivity contribution in [2.45, 2.75) is 28.2 Å². The molecule has 0 spiro atoms. The van der Waals surface area contributed by atoms with Crippen molar-refractivity contribution in [3.05, 3.63) is 168 Å². The Labute approximate surface area is 264 Å². The number of sulfonamides is 3. The summed E-state index contributed by atoms with van der Waals surface area (Å²) < 4.78 is 88.4. The fourth-order valence-electron chi connectivity index (χ4n) is 4.54. The first kappa shape index (κ1) is 31.7. The van der Waals surface area contributed by atoms with Gasteiger partial charge in [-0.2, -0.15) is 16.8 Å². The number of nitrogens with zero attached hydrogens (tertiary/aromatic N) is 2. The van der Waals surface area contributed by atoms with Crippen molar-refractivity contribution in [3.8, 4) is 0 Å². The lowest BCUT2D eigenvalue weighted by Crippen LogP contribution is -2.44. The quantitative estimate of drug-likeness (QED) is 0.166. The van der Waals surface area contributed by atoms with E-state index in [-0.39, 0.29) is 24.9 Å². The SMILES string of the molecule is Cc1ccc(S(=O)(=O)N(Cc2ccccc2)/C(=C\c2ccccc2)N(S(=O)(=O)c2ccccc2)S(=O)(=O)c2ccccc2)cc1. The zero-order chi connectivity index (χ0) is 32.1. The lowest BCUT2D eigenvalue weighted by Gasteiger charge is -2.34. The zero-order valence-corrected chi connectivity index (χ0v) is 26.7. The van der Waals surface area contributed by atoms with E-state index >= 15 is 0 Å². The number of hydrogen-bond donors (Lipinski definition) is 0. The van der Waals surface area contributed by atoms with Crippen molar-refractivity contribution < 1.29 is 25.3 Å². The van der Waals surface area contributed by atoms with Gasteiger partial charge in [0.2, 0.25) is 0 Å². The molecule has 0 aliphatic rings. The molecule has 0 unspecified atom stereocenters. The molecule has 5 aromatic rings. The molecule has 11 heteroatoms. The van der Waals surface area contributed by atoms with Crippen molar-refractivity contribution in [1.82, 2.24) is 8.02 Å². The molecule has 0 aromatic heterocycles. The summed E-state index contributed by atoms with van der Waals surface area (Å²) in [5, 5.41) is 0. The highest BCUT2D eigenvalue weighted by Crippen LogP contribution is 2.35. The summed E-state index contributed by atoms with van der Waals surface area (Å²) in [5.74, 6) is -0.599. The van der Waals surface area contributed by atoms with Gasteiger partial charge in [0.15, 0.2) is 0 Å². The highest BCUT2D eigenvalue weighted by Gasteiger charge is 2.43. The Hall–Kier alpha value is -4.71. The molecule has 8 nitrogen and oxygen atoms in total. The lowest BCUT2D eigenvalue weighted by atomic mass is 10.2. The van der Waals surface area contributed by atoms with Gasteiger partial charge in [-0.3, -0.25) is 0 Å². The molecule has 0 heterocycles. The van der Waals surface area contributed by atoms with Crippen LogP contribution in [-0.4, -0.2) is 33.3 Å². The smallest absolute Gasteiger partial charge is 0.245 e. The van der Waals surface area contributed by atoms with Crippen LogP contribution in [0.2, 0.25) is 0 Å². The molecule has 0 amide bonds. The summed E-state index contributed by atoms with van der Waals surface area (Å²) in [7, 11) is -14.5. The van der Waals surface area contributed by atoms with Crippen molar-refractivity contribution in [3.63, 3.8) is 0 Å². The van der Waals surface area contributed by atoms with Gasteiger partial charge < -0.3 is 0 Å². The van der Waals surface area contributed by atoms with E-state index in [4.69, 9.17) is 0 Å². The molecule has 0 radical (unpaired) electrons. The third kappa shape index (κ3) is 6.85. The van der Waals surface area contributed by atoms with Gasteiger partial charge >= 0.3 is 0 Å². The van der Waals surface area contributed by atoms with Gasteiger partial charge in [0.25, 0.3) is 30.1 Å². The molecular weight excluding hydrogens is 629 g/mol. The molecule has 0 saturated carbocycles. The number of benzene rings is 5. The Morgan fingerprint density at radius 1 is 0.511 bits per heavy atom. The van der Waals surface area contributed by atoms with Gasteiger partial charge in [0, 0.05) is 0 Å². The van der Waals surface area contributed by atoms with Crippen LogP contribution in [0.3, 0.4) is 0 Å². The average Bonchev–Trinajstić information content (AvgIpc) is 3.05. The Balaban J connectivity index is 1.88. The maximum Gasteiger partial charge on any atom is 0.278 e. The minimum Gasteiger partial charge on any atom is -0.245 e. The summed E-state index contributed by atoms with van der Waals surface area (Å²) >= 11 is 0. The Morgan fingerprint density at radius 2 is 0.911 bits per heavy atom. The summed E-state index contributed by atoms with van der Waals surface area (Å²) in [6, 6.07) is 37.1. The molecule has 0 aliphatic heterocycles. The van der Waals surface area contributed by atoms with E-state index in [1.54, 1.807) is 91.9 Å². The van der Waals surface area contributed by atoms with Crippen LogP contribution in [0.15, 0.2) is 166 Å². The van der Waals surface area contributed by atoms with E-state index in [0.29, 0.717) is 11.1 Å². The Bertz CT molecular complexity index is 2040. The second kappa shape index (κ2) is 13.1. The third-order valence-electron chi connectivity index (χ3n) is 6.83. The fraction of sp³-hybridized carbons (Fsp3) is 0.0588. The van der Waals surface area contributed by atoms with Crippen LogP contribution in [0.1, 0.15) is 16.7 Å². The van der Waals surface area contributed by atoms with E-state index in [1.807, 2.05) is 0 Å². The van der Waals surface area contributed by atoms with Crippen LogP contribution in [0.4, 0.5) is 0 Å². The minimum atomic E-state index is -4.94. The summed E-state index contributed by atoms with van der Waals surface area (Å²) in [6.45, 7) is 1.43. The molecule has 5 aromatic carbocycles. The van der Waals surface area contributed by atoms with E-state index in [2.05, 4.69) is 0 Å². The molecule has 0 saturated heterocycles. The summed E-state index contributed by atoms with van der Waals surface area (Å²) in [4.78, 5) is -0.816. The van der Waals surface area contributed by atoms with Crippen LogP contribution in [-0.2, 0) is 36.6 Å². The van der Waals surface area contributed by atoms with Gasteiger partial charge in [-0.05, 0) is 60.5 Å². The summed E-state index contributed by atoms with van der Waals surface area (Å²) in [5.41, 5.74) is 1.69. The van der Waals surface area contributed by atoms with Crippen molar-refractivity contribution >= 4 is 36.1 Å². The Morgan fingerprint density at radius 3 is 1.38 bits per heavy atom. The molecule has 0 atom stereocenters. The van der Waals surface area contributed by atoms with Gasteiger partial charge in [0.1, 0.15) is 5.82 Å². The maximum absolute atomic E-state index is 14.6. The first-order valence-electron chi connectivity index (χ1n) is 13.8. The molecule has 5 rings (SSSR count). The normalized spacial score (nSPS) is 12.4. The highest BCUT2D eigenvalue weighted by molar-refractivity contribution is 8.04. The van der Waals surface area contributed by atoms with Crippen LogP contribution in [0, 0.1) is 6.92 Å². The average molecular weight is 659 g/mol. The molecule has 0 N–H and O–H groups in total. The Kier molecular flexibility index (Phi) is 9.24. The van der Waals surface area contributed by atoms with Crippen LogP contribution < -0.4 is 0 Å². The van der Waals surface area contributed by atoms with Crippen LogP contribution >= 0.6 is 0 Å². The van der Waals surface area contributed by atoms with Gasteiger partial charge in [-0.15, -0.1) is 3.71 Å². The van der Waals surface area contributed by atoms with E-state index in [0.717, 1.165) is 9.87 Å².